The van der Waals surface area contributed by atoms with Crippen LogP contribution < -0.4 is 0 Å². The molecule has 0 saturated heterocycles. The second-order valence-corrected chi connectivity index (χ2v) is 11.3. The first-order chi connectivity index (χ1) is 22.2. The summed E-state index contributed by atoms with van der Waals surface area (Å²) in [5.74, 6) is 0. The van der Waals surface area contributed by atoms with Crippen molar-refractivity contribution in [3.8, 4) is 33.5 Å². The summed E-state index contributed by atoms with van der Waals surface area (Å²) < 4.78 is 0. The van der Waals surface area contributed by atoms with Gasteiger partial charge in [-0.3, -0.25) is 9.97 Å². The maximum Gasteiger partial charge on any atom is 0.0979 e. The molecule has 0 N–H and O–H groups in total. The number of benzene rings is 6. The lowest BCUT2D eigenvalue weighted by atomic mass is 9.84. The molecule has 0 fully saturated rings. The van der Waals surface area contributed by atoms with E-state index >= 15 is 0 Å². The van der Waals surface area contributed by atoms with Crippen molar-refractivity contribution in [1.82, 2.24) is 15.0 Å². The van der Waals surface area contributed by atoms with E-state index in [9.17, 15) is 0 Å². The Hall–Kier alpha value is -5.93. The highest BCUT2D eigenvalue weighted by molar-refractivity contribution is 6.23. The molecule has 3 heteroatoms. The summed E-state index contributed by atoms with van der Waals surface area (Å²) in [4.78, 5) is 14.6. The van der Waals surface area contributed by atoms with Gasteiger partial charge in [0.25, 0.3) is 0 Å². The molecule has 0 saturated carbocycles. The second-order valence-electron chi connectivity index (χ2n) is 11.3. The van der Waals surface area contributed by atoms with Crippen LogP contribution in [0.1, 0.15) is 11.1 Å². The van der Waals surface area contributed by atoms with Crippen molar-refractivity contribution in [3.63, 3.8) is 0 Å². The van der Waals surface area contributed by atoms with E-state index in [0.717, 1.165) is 44.2 Å². The standard InChI is InChI=1S/C42H29N3/c1-3-4-13-31-27(2)39(34-16-7-8-17-35(34)40(31)30-12-11-24-43-25-30)29-22-20-28(21-23-29)38-26-44-41-36-18-9-5-14-32(36)33-15-6-10-19-37(33)42(41)45-38/h3-26H,1H2,2H3/b13-4-. The van der Waals surface area contributed by atoms with Gasteiger partial charge in [-0.15, -0.1) is 0 Å². The van der Waals surface area contributed by atoms with Crippen LogP contribution in [0.3, 0.4) is 0 Å². The number of nitrogens with zero attached hydrogens (tertiary/aromatic N) is 3. The fourth-order valence-electron chi connectivity index (χ4n) is 6.72. The molecule has 0 spiro atoms. The molecule has 0 atom stereocenters. The Morgan fingerprint density at radius 2 is 1.16 bits per heavy atom. The summed E-state index contributed by atoms with van der Waals surface area (Å²) >= 11 is 0. The lowest BCUT2D eigenvalue weighted by Crippen LogP contribution is -1.96. The van der Waals surface area contributed by atoms with E-state index in [2.05, 4.69) is 128 Å². The average molecular weight is 576 g/mol. The van der Waals surface area contributed by atoms with E-state index in [-0.39, 0.29) is 0 Å². The van der Waals surface area contributed by atoms with E-state index in [1.54, 1.807) is 0 Å². The fourth-order valence-corrected chi connectivity index (χ4v) is 6.72. The third-order valence-corrected chi connectivity index (χ3v) is 8.76. The summed E-state index contributed by atoms with van der Waals surface area (Å²) in [5, 5.41) is 7.04. The molecule has 3 nitrogen and oxygen atoms in total. The van der Waals surface area contributed by atoms with Gasteiger partial charge in [0.1, 0.15) is 0 Å². The molecule has 0 bridgehead atoms. The summed E-state index contributed by atoms with van der Waals surface area (Å²) in [6, 6.07) is 38.4. The van der Waals surface area contributed by atoms with Crippen LogP contribution in [-0.2, 0) is 0 Å². The summed E-state index contributed by atoms with van der Waals surface area (Å²) in [6.07, 6.45) is 11.7. The molecule has 45 heavy (non-hydrogen) atoms. The highest BCUT2D eigenvalue weighted by Crippen LogP contribution is 2.43. The van der Waals surface area contributed by atoms with Crippen LogP contribution in [0.5, 0.6) is 0 Å². The van der Waals surface area contributed by atoms with Crippen molar-refractivity contribution in [3.05, 3.63) is 158 Å². The van der Waals surface area contributed by atoms with Crippen LogP contribution in [-0.4, -0.2) is 15.0 Å². The molecule has 2 heterocycles. The Morgan fingerprint density at radius 1 is 0.556 bits per heavy atom. The van der Waals surface area contributed by atoms with Crippen molar-refractivity contribution in [2.45, 2.75) is 6.92 Å². The number of hydrogen-bond acceptors (Lipinski definition) is 3. The van der Waals surface area contributed by atoms with Gasteiger partial charge in [0.05, 0.1) is 22.9 Å². The lowest BCUT2D eigenvalue weighted by Gasteiger charge is -2.20. The Morgan fingerprint density at radius 3 is 1.80 bits per heavy atom. The second kappa shape index (κ2) is 11.0. The number of pyridine rings is 1. The molecule has 212 valence electrons. The molecule has 0 amide bonds. The van der Waals surface area contributed by atoms with E-state index in [1.807, 2.05) is 36.8 Å². The predicted octanol–water partition coefficient (Wildman–Crippen LogP) is 11.0. The Labute approximate surface area is 261 Å². The largest absolute Gasteiger partial charge is 0.264 e. The molecule has 2 aromatic heterocycles. The van der Waals surface area contributed by atoms with Crippen molar-refractivity contribution in [2.75, 3.05) is 0 Å². The van der Waals surface area contributed by atoms with Gasteiger partial charge in [-0.05, 0) is 62.4 Å². The zero-order chi connectivity index (χ0) is 30.3. The zero-order valence-electron chi connectivity index (χ0n) is 24.9. The van der Waals surface area contributed by atoms with Gasteiger partial charge in [0.2, 0.25) is 0 Å². The quantitative estimate of drug-likeness (QED) is 0.151. The van der Waals surface area contributed by atoms with Crippen molar-refractivity contribution in [1.29, 1.82) is 0 Å². The number of hydrogen-bond donors (Lipinski definition) is 0. The summed E-state index contributed by atoms with van der Waals surface area (Å²) in [5.41, 5.74) is 10.8. The summed E-state index contributed by atoms with van der Waals surface area (Å²) in [7, 11) is 0. The summed E-state index contributed by atoms with van der Waals surface area (Å²) in [6.45, 7) is 6.14. The van der Waals surface area contributed by atoms with Crippen LogP contribution >= 0.6 is 0 Å². The van der Waals surface area contributed by atoms with E-state index in [1.165, 1.54) is 43.8 Å². The SMILES string of the molecule is C=C/C=C\c1c(C)c(-c2ccc(-c3cnc4c5ccccc5c5ccccc5c4n3)cc2)c2ccccc2c1-c1cccnc1. The third-order valence-electron chi connectivity index (χ3n) is 8.76. The van der Waals surface area contributed by atoms with Gasteiger partial charge in [-0.1, -0.05) is 128 Å². The monoisotopic (exact) mass is 575 g/mol. The Bertz CT molecular complexity index is 2400. The molecular weight excluding hydrogens is 546 g/mol. The first kappa shape index (κ1) is 26.7. The minimum atomic E-state index is 0.859. The predicted molar refractivity (Wildman–Crippen MR) is 190 cm³/mol. The normalized spacial score (nSPS) is 11.7. The third kappa shape index (κ3) is 4.40. The van der Waals surface area contributed by atoms with Crippen molar-refractivity contribution in [2.24, 2.45) is 0 Å². The minimum absolute atomic E-state index is 0.859. The maximum absolute atomic E-state index is 5.20. The highest BCUT2D eigenvalue weighted by atomic mass is 14.8. The number of rotatable bonds is 5. The molecule has 8 aromatic rings. The number of allylic oxidation sites excluding steroid dienone is 2. The maximum atomic E-state index is 5.20. The topological polar surface area (TPSA) is 38.7 Å². The van der Waals surface area contributed by atoms with Gasteiger partial charge < -0.3 is 0 Å². The van der Waals surface area contributed by atoms with E-state index < -0.39 is 0 Å². The fraction of sp³-hybridized carbons (Fsp3) is 0.0238. The van der Waals surface area contributed by atoms with Crippen LogP contribution in [0.25, 0.3) is 82.9 Å². The minimum Gasteiger partial charge on any atom is -0.264 e. The Kier molecular flexibility index (Phi) is 6.50. The molecule has 0 aliphatic carbocycles. The molecular formula is C42H29N3. The number of aromatic nitrogens is 3. The van der Waals surface area contributed by atoms with Gasteiger partial charge in [-0.25, -0.2) is 4.98 Å². The first-order valence-electron chi connectivity index (χ1n) is 15.1. The first-order valence-corrected chi connectivity index (χ1v) is 15.1. The zero-order valence-corrected chi connectivity index (χ0v) is 24.9. The van der Waals surface area contributed by atoms with Crippen LogP contribution in [0.4, 0.5) is 0 Å². The van der Waals surface area contributed by atoms with Crippen LogP contribution in [0.15, 0.2) is 147 Å². The van der Waals surface area contributed by atoms with Gasteiger partial charge >= 0.3 is 0 Å². The lowest BCUT2D eigenvalue weighted by molar-refractivity contribution is 1.31. The van der Waals surface area contributed by atoms with Crippen molar-refractivity contribution < 1.29 is 0 Å². The van der Waals surface area contributed by atoms with E-state index in [4.69, 9.17) is 9.97 Å². The van der Waals surface area contributed by atoms with Crippen LogP contribution in [0.2, 0.25) is 0 Å². The smallest absolute Gasteiger partial charge is 0.0979 e. The molecule has 0 radical (unpaired) electrons. The Balaban J connectivity index is 1.30. The molecule has 8 rings (SSSR count). The number of fused-ring (bicyclic) bond motifs is 7. The molecule has 0 aliphatic rings. The van der Waals surface area contributed by atoms with Gasteiger partial charge in [0, 0.05) is 34.3 Å². The highest BCUT2D eigenvalue weighted by Gasteiger charge is 2.18. The average Bonchev–Trinajstić information content (AvgIpc) is 3.11. The van der Waals surface area contributed by atoms with Gasteiger partial charge in [0.15, 0.2) is 0 Å². The van der Waals surface area contributed by atoms with Crippen LogP contribution in [0, 0.1) is 6.92 Å². The molecule has 6 aromatic carbocycles. The molecule has 0 aliphatic heterocycles. The molecule has 0 unspecified atom stereocenters. The van der Waals surface area contributed by atoms with Gasteiger partial charge in [-0.2, -0.15) is 0 Å². The van der Waals surface area contributed by atoms with E-state index in [0.29, 0.717) is 0 Å². The van der Waals surface area contributed by atoms with Crippen molar-refractivity contribution >= 4 is 49.4 Å².